The minimum Gasteiger partial charge on any atom is -0.375 e. The fraction of sp³-hybridized carbons (Fsp3) is 0.526. The third kappa shape index (κ3) is 3.64. The van der Waals surface area contributed by atoms with Gasteiger partial charge >= 0.3 is 0 Å². The molecule has 0 aromatic carbocycles. The van der Waals surface area contributed by atoms with Crippen molar-refractivity contribution in [2.24, 2.45) is 0 Å². The van der Waals surface area contributed by atoms with Crippen molar-refractivity contribution in [3.8, 4) is 0 Å². The van der Waals surface area contributed by atoms with E-state index in [2.05, 4.69) is 21.1 Å². The molecule has 7 heteroatoms. The maximum atomic E-state index is 12.7. The summed E-state index contributed by atoms with van der Waals surface area (Å²) in [6, 6.07) is 6.10. The van der Waals surface area contributed by atoms with E-state index in [4.69, 9.17) is 9.26 Å². The molecule has 7 nitrogen and oxygen atoms in total. The Kier molecular flexibility index (Phi) is 4.99. The normalized spacial score (nSPS) is 24.1. The summed E-state index contributed by atoms with van der Waals surface area (Å²) in [5.74, 6) is 0.599. The Morgan fingerprint density at radius 2 is 2.19 bits per heavy atom. The Balaban J connectivity index is 1.44. The van der Waals surface area contributed by atoms with Crippen LogP contribution >= 0.6 is 0 Å². The summed E-state index contributed by atoms with van der Waals surface area (Å²) in [5.41, 5.74) is 1.60. The maximum absolute atomic E-state index is 12.7. The first-order chi connectivity index (χ1) is 12.7. The molecule has 0 spiro atoms. The number of nitrogens with zero attached hydrogens (tertiary/aromatic N) is 4. The number of hydrogen-bond acceptors (Lipinski definition) is 6. The molecular weight excluding hydrogens is 332 g/mol. The molecule has 0 saturated carbocycles. The van der Waals surface area contributed by atoms with Crippen LogP contribution in [0, 0.1) is 6.92 Å². The first kappa shape index (κ1) is 17.2. The third-order valence-electron chi connectivity index (χ3n) is 5.23. The fourth-order valence-corrected chi connectivity index (χ4v) is 3.92. The highest BCUT2D eigenvalue weighted by Gasteiger charge is 2.36. The van der Waals surface area contributed by atoms with Gasteiger partial charge in [0.15, 0.2) is 5.69 Å². The second-order valence-corrected chi connectivity index (χ2v) is 7.00. The zero-order chi connectivity index (χ0) is 17.9. The molecule has 138 valence electrons. The highest BCUT2D eigenvalue weighted by atomic mass is 16.5. The lowest BCUT2D eigenvalue weighted by Crippen LogP contribution is -2.50. The zero-order valence-electron chi connectivity index (χ0n) is 15.0. The molecule has 2 aliphatic heterocycles. The second kappa shape index (κ2) is 7.55. The average molecular weight is 356 g/mol. The molecule has 0 unspecified atom stereocenters. The molecule has 0 aliphatic carbocycles. The third-order valence-corrected chi connectivity index (χ3v) is 5.23. The minimum absolute atomic E-state index is 0.0562. The van der Waals surface area contributed by atoms with Gasteiger partial charge in [-0.3, -0.25) is 14.7 Å². The van der Waals surface area contributed by atoms with Crippen LogP contribution < -0.4 is 0 Å². The Bertz CT molecular complexity index is 748. The van der Waals surface area contributed by atoms with Gasteiger partial charge in [-0.25, -0.2) is 0 Å². The number of aromatic nitrogens is 2. The average Bonchev–Trinajstić information content (AvgIpc) is 2.97. The van der Waals surface area contributed by atoms with Crippen molar-refractivity contribution in [1.82, 2.24) is 19.9 Å². The van der Waals surface area contributed by atoms with Crippen molar-refractivity contribution in [1.29, 1.82) is 0 Å². The number of likely N-dealkylation sites (tertiary alicyclic amines) is 1. The number of fused-ring (bicyclic) bond motifs is 1. The Labute approximate surface area is 152 Å². The molecule has 4 rings (SSSR count). The van der Waals surface area contributed by atoms with Crippen LogP contribution in [-0.4, -0.2) is 64.2 Å². The monoisotopic (exact) mass is 356 g/mol. The van der Waals surface area contributed by atoms with Crippen molar-refractivity contribution < 1.29 is 14.1 Å². The topological polar surface area (TPSA) is 71.7 Å². The van der Waals surface area contributed by atoms with Crippen LogP contribution in [0.15, 0.2) is 35.1 Å². The van der Waals surface area contributed by atoms with E-state index in [1.54, 1.807) is 19.2 Å². The van der Waals surface area contributed by atoms with Crippen molar-refractivity contribution in [3.05, 3.63) is 47.6 Å². The van der Waals surface area contributed by atoms with Gasteiger partial charge in [0.05, 0.1) is 12.7 Å². The summed E-state index contributed by atoms with van der Waals surface area (Å²) in [7, 11) is 0. The minimum atomic E-state index is -0.0562. The van der Waals surface area contributed by atoms with Crippen LogP contribution in [0.5, 0.6) is 0 Å². The predicted octanol–water partition coefficient (Wildman–Crippen LogP) is 1.88. The molecule has 2 atom stereocenters. The first-order valence-corrected chi connectivity index (χ1v) is 9.18. The van der Waals surface area contributed by atoms with Crippen molar-refractivity contribution in [2.75, 3.05) is 26.2 Å². The van der Waals surface area contributed by atoms with Crippen molar-refractivity contribution >= 4 is 5.91 Å². The van der Waals surface area contributed by atoms with Gasteiger partial charge in [0.1, 0.15) is 5.76 Å². The summed E-state index contributed by atoms with van der Waals surface area (Å²) < 4.78 is 11.1. The number of pyridine rings is 1. The van der Waals surface area contributed by atoms with E-state index in [1.165, 1.54) is 5.56 Å². The molecular formula is C19H24N4O3. The van der Waals surface area contributed by atoms with Crippen LogP contribution in [0.2, 0.25) is 0 Å². The molecule has 2 fully saturated rings. The summed E-state index contributed by atoms with van der Waals surface area (Å²) in [4.78, 5) is 21.2. The van der Waals surface area contributed by atoms with Gasteiger partial charge in [-0.05, 0) is 31.4 Å². The zero-order valence-corrected chi connectivity index (χ0v) is 15.0. The number of hydrogen-bond donors (Lipinski definition) is 0. The number of morpholine rings is 1. The van der Waals surface area contributed by atoms with Gasteiger partial charge in [0, 0.05) is 50.7 Å². The molecule has 0 N–H and O–H groups in total. The second-order valence-electron chi connectivity index (χ2n) is 7.00. The van der Waals surface area contributed by atoms with E-state index >= 15 is 0 Å². The van der Waals surface area contributed by atoms with E-state index < -0.39 is 0 Å². The van der Waals surface area contributed by atoms with Crippen LogP contribution in [0.25, 0.3) is 0 Å². The largest absolute Gasteiger partial charge is 0.375 e. The lowest BCUT2D eigenvalue weighted by molar-refractivity contribution is -0.0746. The first-order valence-electron chi connectivity index (χ1n) is 9.18. The molecule has 2 saturated heterocycles. The van der Waals surface area contributed by atoms with Gasteiger partial charge in [-0.15, -0.1) is 0 Å². The highest BCUT2D eigenvalue weighted by Crippen LogP contribution is 2.26. The van der Waals surface area contributed by atoms with E-state index in [9.17, 15) is 4.79 Å². The number of rotatable bonds is 3. The Morgan fingerprint density at radius 3 is 2.96 bits per heavy atom. The summed E-state index contributed by atoms with van der Waals surface area (Å²) >= 11 is 0. The molecule has 2 aliphatic rings. The van der Waals surface area contributed by atoms with Gasteiger partial charge in [-0.2, -0.15) is 0 Å². The maximum Gasteiger partial charge on any atom is 0.276 e. The van der Waals surface area contributed by atoms with E-state index in [0.29, 0.717) is 30.6 Å². The van der Waals surface area contributed by atoms with Crippen molar-refractivity contribution in [3.63, 3.8) is 0 Å². The molecule has 0 radical (unpaired) electrons. The van der Waals surface area contributed by atoms with Crippen LogP contribution in [-0.2, 0) is 11.3 Å². The summed E-state index contributed by atoms with van der Waals surface area (Å²) in [6.45, 7) is 5.70. The highest BCUT2D eigenvalue weighted by molar-refractivity contribution is 5.92. The standard InChI is InChI=1S/C19H24N4O3/c1-14-11-16(21-26-14)19(24)22-7-4-17-18(5-8-22)25-10-9-23(17)13-15-3-2-6-20-12-15/h2-3,6,11-12,17-18H,4-5,7-10,13H2,1H3/t17-,18+/m1/s1. The number of carbonyl (C=O) groups is 1. The lowest BCUT2D eigenvalue weighted by Gasteiger charge is -2.40. The van der Waals surface area contributed by atoms with E-state index in [0.717, 1.165) is 32.5 Å². The number of aryl methyl sites for hydroxylation is 1. The molecule has 4 heterocycles. The Hall–Kier alpha value is -2.25. The summed E-state index contributed by atoms with van der Waals surface area (Å²) in [5, 5.41) is 3.87. The van der Waals surface area contributed by atoms with Gasteiger partial charge < -0.3 is 14.2 Å². The van der Waals surface area contributed by atoms with Gasteiger partial charge in [-0.1, -0.05) is 11.2 Å². The lowest BCUT2D eigenvalue weighted by atomic mass is 10.0. The van der Waals surface area contributed by atoms with Crippen LogP contribution in [0.4, 0.5) is 0 Å². The summed E-state index contributed by atoms with van der Waals surface area (Å²) in [6.07, 6.45) is 5.62. The quantitative estimate of drug-likeness (QED) is 0.836. The molecule has 1 amide bonds. The van der Waals surface area contributed by atoms with Gasteiger partial charge in [0.2, 0.25) is 0 Å². The number of carbonyl (C=O) groups excluding carboxylic acids is 1. The van der Waals surface area contributed by atoms with Gasteiger partial charge in [0.25, 0.3) is 5.91 Å². The molecule has 26 heavy (non-hydrogen) atoms. The van der Waals surface area contributed by atoms with Crippen LogP contribution in [0.3, 0.4) is 0 Å². The SMILES string of the molecule is Cc1cc(C(=O)N2CC[C@@H]3OCCN(Cc4cccnc4)[C@@H]3CC2)no1. The van der Waals surface area contributed by atoms with E-state index in [-0.39, 0.29) is 12.0 Å². The van der Waals surface area contributed by atoms with E-state index in [1.807, 2.05) is 17.2 Å². The number of amides is 1. The molecule has 2 aromatic rings. The van der Waals surface area contributed by atoms with Crippen molar-refractivity contribution in [2.45, 2.75) is 38.5 Å². The molecule has 2 aromatic heterocycles. The smallest absolute Gasteiger partial charge is 0.276 e. The fourth-order valence-electron chi connectivity index (χ4n) is 3.92. The Morgan fingerprint density at radius 1 is 1.31 bits per heavy atom. The van der Waals surface area contributed by atoms with Crippen LogP contribution in [0.1, 0.15) is 34.7 Å². The molecule has 0 bridgehead atoms. The predicted molar refractivity (Wildman–Crippen MR) is 94.6 cm³/mol. The number of ether oxygens (including phenoxy) is 1.